The van der Waals surface area contributed by atoms with Gasteiger partial charge in [0.25, 0.3) is 0 Å². The summed E-state index contributed by atoms with van der Waals surface area (Å²) in [7, 11) is 1.31. The Bertz CT molecular complexity index is 572. The average molecular weight is 397 g/mol. The number of benzene rings is 1. The van der Waals surface area contributed by atoms with Crippen LogP contribution in [0, 0.1) is 0 Å². The van der Waals surface area contributed by atoms with Crippen LogP contribution in [0.25, 0.3) is 0 Å². The summed E-state index contributed by atoms with van der Waals surface area (Å²) in [6, 6.07) is 9.75. The fraction of sp³-hybridized carbons (Fsp3) is 0.444. The van der Waals surface area contributed by atoms with Crippen molar-refractivity contribution in [1.82, 2.24) is 0 Å². The first-order valence-electron chi connectivity index (χ1n) is 7.89. The maximum atomic E-state index is 12.4. The maximum absolute atomic E-state index is 12.4. The Labute approximate surface area is 148 Å². The number of rotatable bonds is 7. The van der Waals surface area contributed by atoms with E-state index in [0.29, 0.717) is 6.42 Å². The zero-order valence-corrected chi connectivity index (χ0v) is 15.6. The third kappa shape index (κ3) is 6.11. The normalized spacial score (nSPS) is 23.8. The molecule has 1 aromatic rings. The first kappa shape index (κ1) is 18.7. The van der Waals surface area contributed by atoms with Crippen molar-refractivity contribution in [1.29, 1.82) is 0 Å². The minimum absolute atomic E-state index is 0.108. The van der Waals surface area contributed by atoms with Gasteiger partial charge in [-0.15, -0.1) is 0 Å². The van der Waals surface area contributed by atoms with Gasteiger partial charge in [-0.3, -0.25) is 0 Å². The average Bonchev–Trinajstić information content (AvgIpc) is 2.57. The van der Waals surface area contributed by atoms with E-state index in [1.807, 2.05) is 37.3 Å². The Kier molecular flexibility index (Phi) is 7.50. The number of ether oxygens (including phenoxy) is 3. The molecule has 130 valence electrons. The molecule has 1 aliphatic heterocycles. The summed E-state index contributed by atoms with van der Waals surface area (Å²) in [4.78, 5) is 23.5. The summed E-state index contributed by atoms with van der Waals surface area (Å²) in [6.07, 6.45) is 4.15. The summed E-state index contributed by atoms with van der Waals surface area (Å²) in [5, 5.41) is 0. The fourth-order valence-corrected chi connectivity index (χ4v) is 4.15. The summed E-state index contributed by atoms with van der Waals surface area (Å²) in [5.41, 5.74) is 0. The van der Waals surface area contributed by atoms with Gasteiger partial charge in [-0.1, -0.05) is 0 Å². The molecule has 1 heterocycles. The predicted octanol–water partition coefficient (Wildman–Crippen LogP) is 1.57. The first-order valence-corrected chi connectivity index (χ1v) is 9.61. The Morgan fingerprint density at radius 1 is 1.29 bits per heavy atom. The molecule has 0 aromatic heterocycles. The molecule has 1 aliphatic rings. The van der Waals surface area contributed by atoms with Crippen LogP contribution in [0.5, 0.6) is 0 Å². The van der Waals surface area contributed by atoms with Crippen molar-refractivity contribution < 1.29 is 23.8 Å². The van der Waals surface area contributed by atoms with Crippen molar-refractivity contribution >= 4 is 30.1 Å². The van der Waals surface area contributed by atoms with E-state index < -0.39 is 5.97 Å². The molecule has 0 amide bonds. The molecule has 0 radical (unpaired) electrons. The van der Waals surface area contributed by atoms with Crippen molar-refractivity contribution in [3.8, 4) is 0 Å². The van der Waals surface area contributed by atoms with Crippen LogP contribution in [-0.2, 0) is 23.8 Å². The van der Waals surface area contributed by atoms with E-state index in [2.05, 4.69) is 4.74 Å². The number of methoxy groups -OCH3 is 1. The van der Waals surface area contributed by atoms with Gasteiger partial charge >= 0.3 is 148 Å². The molecule has 0 N–H and O–H groups in total. The fourth-order valence-electron chi connectivity index (χ4n) is 2.46. The molecule has 0 unspecified atom stereocenters. The number of hydrogen-bond donors (Lipinski definition) is 0. The Morgan fingerprint density at radius 3 is 2.75 bits per heavy atom. The molecule has 24 heavy (non-hydrogen) atoms. The van der Waals surface area contributed by atoms with Crippen LogP contribution in [0.4, 0.5) is 0 Å². The molecule has 0 bridgehead atoms. The number of esters is 1. The minimum atomic E-state index is -0.472. The molecule has 5 nitrogen and oxygen atoms in total. The van der Waals surface area contributed by atoms with Gasteiger partial charge in [-0.05, 0) is 0 Å². The number of hydrogen-bond acceptors (Lipinski definition) is 5. The second-order valence-corrected chi connectivity index (χ2v) is 7.93. The first-order chi connectivity index (χ1) is 11.6. The number of carbonyl (C=O) groups is 2. The molecular weight excluding hydrogens is 375 g/mol. The van der Waals surface area contributed by atoms with Crippen LogP contribution >= 0.6 is 0 Å². The molecule has 0 saturated carbocycles. The second kappa shape index (κ2) is 9.62. The van der Waals surface area contributed by atoms with Gasteiger partial charge in [0.1, 0.15) is 0 Å². The molecule has 0 aliphatic carbocycles. The van der Waals surface area contributed by atoms with Crippen LogP contribution in [0.15, 0.2) is 42.7 Å². The third-order valence-corrected chi connectivity index (χ3v) is 5.57. The van der Waals surface area contributed by atoms with Crippen LogP contribution in [0.2, 0.25) is 0 Å². The Balaban J connectivity index is 1.91. The van der Waals surface area contributed by atoms with E-state index >= 15 is 0 Å². The molecule has 6 heteroatoms. The second-order valence-electron chi connectivity index (χ2n) is 5.55. The van der Waals surface area contributed by atoms with E-state index in [-0.39, 0.29) is 38.0 Å². The van der Waals surface area contributed by atoms with Crippen LogP contribution < -0.4 is 4.46 Å². The van der Waals surface area contributed by atoms with Crippen molar-refractivity contribution in [3.05, 3.63) is 42.7 Å². The van der Waals surface area contributed by atoms with Crippen molar-refractivity contribution in [3.63, 3.8) is 0 Å². The Hall–Kier alpha value is -1.62. The van der Waals surface area contributed by atoms with E-state index in [0.717, 1.165) is 17.3 Å². The van der Waals surface area contributed by atoms with Crippen LogP contribution in [-0.4, -0.2) is 51.0 Å². The molecule has 1 saturated heterocycles. The predicted molar refractivity (Wildman–Crippen MR) is 91.1 cm³/mol. The molecule has 1 aromatic carbocycles. The van der Waals surface area contributed by atoms with Gasteiger partial charge in [0.15, 0.2) is 0 Å². The van der Waals surface area contributed by atoms with E-state index in [4.69, 9.17) is 9.47 Å². The van der Waals surface area contributed by atoms with Gasteiger partial charge in [-0.2, -0.15) is 0 Å². The van der Waals surface area contributed by atoms with Gasteiger partial charge in [0.2, 0.25) is 0 Å². The third-order valence-electron chi connectivity index (χ3n) is 3.68. The molecule has 3 atom stereocenters. The van der Waals surface area contributed by atoms with Gasteiger partial charge < -0.3 is 0 Å². The zero-order valence-electron chi connectivity index (χ0n) is 13.8. The van der Waals surface area contributed by atoms with E-state index in [1.165, 1.54) is 19.4 Å². The molecular formula is C18H22O5Se. The van der Waals surface area contributed by atoms with Crippen LogP contribution in [0.1, 0.15) is 26.2 Å². The van der Waals surface area contributed by atoms with Gasteiger partial charge in [0, 0.05) is 0 Å². The Morgan fingerprint density at radius 2 is 2.04 bits per heavy atom. The van der Waals surface area contributed by atoms with Crippen molar-refractivity contribution in [2.45, 2.75) is 44.5 Å². The monoisotopic (exact) mass is 398 g/mol. The zero-order chi connectivity index (χ0) is 17.4. The van der Waals surface area contributed by atoms with Crippen molar-refractivity contribution in [2.24, 2.45) is 0 Å². The van der Waals surface area contributed by atoms with Crippen LogP contribution in [0.3, 0.4) is 0 Å². The van der Waals surface area contributed by atoms with Crippen molar-refractivity contribution in [2.75, 3.05) is 7.11 Å². The quantitative estimate of drug-likeness (QED) is 0.303. The molecule has 1 fully saturated rings. The van der Waals surface area contributed by atoms with Gasteiger partial charge in [0.05, 0.1) is 0 Å². The summed E-state index contributed by atoms with van der Waals surface area (Å²) < 4.78 is 17.3. The van der Waals surface area contributed by atoms with E-state index in [1.54, 1.807) is 0 Å². The summed E-state index contributed by atoms with van der Waals surface area (Å²) in [5.74, 6) is -0.472. The summed E-state index contributed by atoms with van der Waals surface area (Å²) >= 11 is -0.224. The van der Waals surface area contributed by atoms with Gasteiger partial charge in [-0.25, -0.2) is 0 Å². The summed E-state index contributed by atoms with van der Waals surface area (Å²) in [6.45, 7) is 2.00. The number of carbonyl (C=O) groups excluding carboxylic acids is 2. The molecule has 0 spiro atoms. The molecule has 2 rings (SSSR count). The topological polar surface area (TPSA) is 61.8 Å². The standard InChI is InChI=1S/C18H22O5Se/c1-13-8-9-15(22-11-10-17(19)21-2)16(23-13)12-18(20)24-14-6-4-3-5-7-14/h3-7,10-11,13,15-16H,8-9,12H2,1-2H3/b11-10+/t13-,15-,16+/m0/s1. The van der Waals surface area contributed by atoms with E-state index in [9.17, 15) is 9.59 Å². The SMILES string of the molecule is COC(=O)/C=C/O[C@H]1CC[C@H](C)O[C@@H]1CC(=O)[Se]c1ccccc1.